The molecule has 0 bridgehead atoms. The monoisotopic (exact) mass is 181 g/mol. The minimum Gasteiger partial charge on any atom is -0.506 e. The molecule has 0 saturated heterocycles. The number of phenols is 1. The molecular formula is C9H11NO3. The topological polar surface area (TPSA) is 83.5 Å². The molecule has 0 radical (unpaired) electrons. The summed E-state index contributed by atoms with van der Waals surface area (Å²) in [7, 11) is 0. The molecule has 1 rings (SSSR count). The number of anilines is 1. The Bertz CT molecular complexity index is 324. The normalized spacial score (nSPS) is 9.92. The van der Waals surface area contributed by atoms with Crippen molar-refractivity contribution in [1.29, 1.82) is 0 Å². The Morgan fingerprint density at radius 1 is 1.54 bits per heavy atom. The highest BCUT2D eigenvalue weighted by Gasteiger charge is 2.06. The number of hydrogen-bond donors (Lipinski definition) is 3. The van der Waals surface area contributed by atoms with Crippen LogP contribution in [0, 0.1) is 6.92 Å². The van der Waals surface area contributed by atoms with E-state index in [1.807, 2.05) is 0 Å². The molecule has 4 heteroatoms. The number of rotatable bonds is 2. The minimum absolute atomic E-state index is 0.0224. The molecule has 0 amide bonds. The lowest BCUT2D eigenvalue weighted by atomic mass is 10.1. The number of carboxylic acids is 1. The highest BCUT2D eigenvalue weighted by atomic mass is 16.4. The van der Waals surface area contributed by atoms with Crippen LogP contribution in [0.2, 0.25) is 0 Å². The van der Waals surface area contributed by atoms with Gasteiger partial charge in [-0.15, -0.1) is 0 Å². The first-order valence-corrected chi connectivity index (χ1v) is 3.80. The van der Waals surface area contributed by atoms with Crippen LogP contribution in [0.4, 0.5) is 5.69 Å². The van der Waals surface area contributed by atoms with Gasteiger partial charge in [0.15, 0.2) is 0 Å². The third-order valence-electron chi connectivity index (χ3n) is 1.75. The molecule has 70 valence electrons. The van der Waals surface area contributed by atoms with E-state index in [4.69, 9.17) is 10.8 Å². The SMILES string of the molecule is Cc1cc(CC(=O)O)cc(N)c1O. The summed E-state index contributed by atoms with van der Waals surface area (Å²) in [6.07, 6.45) is -0.0781. The maximum atomic E-state index is 10.4. The molecule has 0 aromatic heterocycles. The van der Waals surface area contributed by atoms with Gasteiger partial charge in [-0.2, -0.15) is 0 Å². The largest absolute Gasteiger partial charge is 0.506 e. The van der Waals surface area contributed by atoms with Gasteiger partial charge in [-0.25, -0.2) is 0 Å². The fraction of sp³-hybridized carbons (Fsp3) is 0.222. The van der Waals surface area contributed by atoms with E-state index in [9.17, 15) is 9.90 Å². The molecular weight excluding hydrogens is 170 g/mol. The van der Waals surface area contributed by atoms with Crippen molar-refractivity contribution in [1.82, 2.24) is 0 Å². The Labute approximate surface area is 75.6 Å². The quantitative estimate of drug-likeness (QED) is 0.467. The van der Waals surface area contributed by atoms with Gasteiger partial charge in [0.1, 0.15) is 5.75 Å². The summed E-state index contributed by atoms with van der Waals surface area (Å²) in [5.74, 6) is -0.890. The van der Waals surface area contributed by atoms with Crippen LogP contribution in [0.5, 0.6) is 5.75 Å². The zero-order chi connectivity index (χ0) is 10.0. The standard InChI is InChI=1S/C9H11NO3/c1-5-2-6(4-8(11)12)3-7(10)9(5)13/h2-3,13H,4,10H2,1H3,(H,11,12). The van der Waals surface area contributed by atoms with Crippen LogP contribution in [0.25, 0.3) is 0 Å². The van der Waals surface area contributed by atoms with Gasteiger partial charge in [0, 0.05) is 0 Å². The lowest BCUT2D eigenvalue weighted by Crippen LogP contribution is -2.01. The number of aromatic hydroxyl groups is 1. The van der Waals surface area contributed by atoms with Gasteiger partial charge in [0.25, 0.3) is 0 Å². The summed E-state index contributed by atoms with van der Waals surface area (Å²) in [4.78, 5) is 10.4. The average Bonchev–Trinajstić information content (AvgIpc) is 1.98. The zero-order valence-electron chi connectivity index (χ0n) is 7.24. The Hall–Kier alpha value is -1.71. The molecule has 0 aliphatic rings. The van der Waals surface area contributed by atoms with E-state index < -0.39 is 5.97 Å². The molecule has 0 fully saturated rings. The van der Waals surface area contributed by atoms with Crippen LogP contribution in [0.15, 0.2) is 12.1 Å². The number of nitrogens with two attached hydrogens (primary N) is 1. The van der Waals surface area contributed by atoms with Crippen LogP contribution in [-0.2, 0) is 11.2 Å². The molecule has 0 saturated carbocycles. The Kier molecular flexibility index (Phi) is 2.41. The number of benzene rings is 1. The second kappa shape index (κ2) is 3.35. The number of carbonyl (C=O) groups is 1. The molecule has 0 spiro atoms. The van der Waals surface area contributed by atoms with E-state index in [-0.39, 0.29) is 17.9 Å². The highest BCUT2D eigenvalue weighted by molar-refractivity contribution is 5.71. The van der Waals surface area contributed by atoms with Gasteiger partial charge in [0.05, 0.1) is 12.1 Å². The van der Waals surface area contributed by atoms with Crippen molar-refractivity contribution in [2.75, 3.05) is 5.73 Å². The van der Waals surface area contributed by atoms with Crippen LogP contribution >= 0.6 is 0 Å². The fourth-order valence-corrected chi connectivity index (χ4v) is 1.16. The van der Waals surface area contributed by atoms with Crippen molar-refractivity contribution in [2.45, 2.75) is 13.3 Å². The highest BCUT2D eigenvalue weighted by Crippen LogP contribution is 2.25. The molecule has 1 aromatic rings. The van der Waals surface area contributed by atoms with Crippen molar-refractivity contribution in [3.63, 3.8) is 0 Å². The summed E-state index contributed by atoms with van der Waals surface area (Å²) in [6.45, 7) is 1.68. The van der Waals surface area contributed by atoms with Crippen molar-refractivity contribution in [2.24, 2.45) is 0 Å². The molecule has 13 heavy (non-hydrogen) atoms. The lowest BCUT2D eigenvalue weighted by Gasteiger charge is -2.05. The first-order chi connectivity index (χ1) is 6.00. The third-order valence-corrected chi connectivity index (χ3v) is 1.75. The van der Waals surface area contributed by atoms with Gasteiger partial charge in [-0.05, 0) is 24.1 Å². The first-order valence-electron chi connectivity index (χ1n) is 3.80. The molecule has 0 heterocycles. The molecule has 0 unspecified atom stereocenters. The molecule has 4 N–H and O–H groups in total. The first kappa shape index (κ1) is 9.38. The second-order valence-electron chi connectivity index (χ2n) is 2.92. The van der Waals surface area contributed by atoms with E-state index >= 15 is 0 Å². The lowest BCUT2D eigenvalue weighted by molar-refractivity contribution is -0.136. The smallest absolute Gasteiger partial charge is 0.307 e. The third kappa shape index (κ3) is 2.11. The van der Waals surface area contributed by atoms with E-state index in [0.717, 1.165) is 0 Å². The van der Waals surface area contributed by atoms with Gasteiger partial charge < -0.3 is 15.9 Å². The number of nitrogen functional groups attached to an aromatic ring is 1. The predicted molar refractivity (Wildman–Crippen MR) is 48.6 cm³/mol. The van der Waals surface area contributed by atoms with Crippen molar-refractivity contribution in [3.05, 3.63) is 23.3 Å². The van der Waals surface area contributed by atoms with Gasteiger partial charge in [0.2, 0.25) is 0 Å². The van der Waals surface area contributed by atoms with Gasteiger partial charge >= 0.3 is 5.97 Å². The van der Waals surface area contributed by atoms with Crippen molar-refractivity contribution in [3.8, 4) is 5.75 Å². The van der Waals surface area contributed by atoms with E-state index in [0.29, 0.717) is 11.1 Å². The van der Waals surface area contributed by atoms with E-state index in [2.05, 4.69) is 0 Å². The van der Waals surface area contributed by atoms with E-state index in [1.54, 1.807) is 13.0 Å². The van der Waals surface area contributed by atoms with E-state index in [1.165, 1.54) is 6.07 Å². The molecule has 0 aliphatic carbocycles. The van der Waals surface area contributed by atoms with Crippen LogP contribution in [-0.4, -0.2) is 16.2 Å². The Morgan fingerprint density at radius 3 is 2.62 bits per heavy atom. The molecule has 4 nitrogen and oxygen atoms in total. The Morgan fingerprint density at radius 2 is 2.15 bits per heavy atom. The summed E-state index contributed by atoms with van der Waals surface area (Å²) in [5, 5.41) is 17.8. The molecule has 1 aromatic carbocycles. The van der Waals surface area contributed by atoms with Crippen LogP contribution < -0.4 is 5.73 Å². The minimum atomic E-state index is -0.913. The Balaban J connectivity index is 3.06. The zero-order valence-corrected chi connectivity index (χ0v) is 7.24. The van der Waals surface area contributed by atoms with Crippen LogP contribution in [0.3, 0.4) is 0 Å². The fourth-order valence-electron chi connectivity index (χ4n) is 1.16. The molecule has 0 aliphatic heterocycles. The number of hydrogen-bond acceptors (Lipinski definition) is 3. The summed E-state index contributed by atoms with van der Waals surface area (Å²) in [6, 6.07) is 3.08. The summed E-state index contributed by atoms with van der Waals surface area (Å²) >= 11 is 0. The van der Waals surface area contributed by atoms with Gasteiger partial charge in [-0.1, -0.05) is 6.07 Å². The number of aryl methyl sites for hydroxylation is 1. The predicted octanol–water partition coefficient (Wildman–Crippen LogP) is 0.910. The average molecular weight is 181 g/mol. The van der Waals surface area contributed by atoms with Gasteiger partial charge in [-0.3, -0.25) is 4.79 Å². The number of phenolic OH excluding ortho intramolecular Hbond substituents is 1. The summed E-state index contributed by atoms with van der Waals surface area (Å²) < 4.78 is 0. The number of carboxylic acid groups (broad SMARTS) is 1. The summed E-state index contributed by atoms with van der Waals surface area (Å²) in [5.41, 5.74) is 6.86. The number of aliphatic carboxylic acids is 1. The van der Waals surface area contributed by atoms with Crippen molar-refractivity contribution >= 4 is 11.7 Å². The maximum absolute atomic E-state index is 10.4. The molecule has 0 atom stereocenters. The van der Waals surface area contributed by atoms with Crippen LogP contribution in [0.1, 0.15) is 11.1 Å². The van der Waals surface area contributed by atoms with Crippen molar-refractivity contribution < 1.29 is 15.0 Å². The maximum Gasteiger partial charge on any atom is 0.307 e. The second-order valence-corrected chi connectivity index (χ2v) is 2.92.